The quantitative estimate of drug-likeness (QED) is 0.833. The Morgan fingerprint density at radius 3 is 2.50 bits per heavy atom. The second-order valence-corrected chi connectivity index (χ2v) is 7.57. The number of carbonyl (C=O) groups excluding carboxylic acids is 3. The molecule has 0 saturated carbocycles. The van der Waals surface area contributed by atoms with Crippen LogP contribution >= 0.6 is 0 Å². The number of anilines is 1. The van der Waals surface area contributed by atoms with Crippen molar-refractivity contribution in [1.82, 2.24) is 4.90 Å². The molecular weight excluding hydrogens is 376 g/mol. The zero-order chi connectivity index (χ0) is 20.9. The first kappa shape index (κ1) is 19.8. The standard InChI is InChI=1S/C25H24N2O3/c28-23-11-6-16-27(22-10-5-4-9-21(22)23)25(30)19-12-14-20(15-13-19)26-24(29)17-18-7-2-1-3-8-18/h1-4,7-9,12-15H,5-6,10-11,16-17H2,(H,26,29). The normalized spacial score (nSPS) is 16.1. The molecule has 0 bridgehead atoms. The van der Waals surface area contributed by atoms with Crippen molar-refractivity contribution in [2.45, 2.75) is 32.1 Å². The summed E-state index contributed by atoms with van der Waals surface area (Å²) in [5, 5.41) is 2.87. The maximum absolute atomic E-state index is 13.2. The molecule has 152 valence electrons. The van der Waals surface area contributed by atoms with Gasteiger partial charge < -0.3 is 10.2 Å². The molecule has 5 heteroatoms. The fourth-order valence-electron chi connectivity index (χ4n) is 3.92. The van der Waals surface area contributed by atoms with Crippen LogP contribution in [0, 0.1) is 0 Å². The Balaban J connectivity index is 1.46. The Hall–Kier alpha value is -3.47. The molecule has 1 N–H and O–H groups in total. The lowest BCUT2D eigenvalue weighted by molar-refractivity contribution is -0.116. The van der Waals surface area contributed by atoms with Crippen molar-refractivity contribution < 1.29 is 14.4 Å². The molecule has 1 aliphatic carbocycles. The van der Waals surface area contributed by atoms with E-state index >= 15 is 0 Å². The maximum atomic E-state index is 13.2. The minimum atomic E-state index is -0.102. The SMILES string of the molecule is O=C(Cc1ccccc1)Nc1ccc(C(=O)N2CCCC(=O)C3=C2CCC=C3)cc1. The van der Waals surface area contributed by atoms with E-state index in [9.17, 15) is 14.4 Å². The third kappa shape index (κ3) is 4.40. The van der Waals surface area contributed by atoms with Gasteiger partial charge >= 0.3 is 0 Å². The minimum absolute atomic E-state index is 0.102. The van der Waals surface area contributed by atoms with Gasteiger partial charge in [-0.15, -0.1) is 0 Å². The van der Waals surface area contributed by atoms with Gasteiger partial charge in [-0.1, -0.05) is 42.5 Å². The molecule has 0 unspecified atom stereocenters. The van der Waals surface area contributed by atoms with Crippen molar-refractivity contribution in [2.75, 3.05) is 11.9 Å². The molecule has 2 amide bonds. The number of allylic oxidation sites excluding steroid dienone is 4. The van der Waals surface area contributed by atoms with Gasteiger partial charge in [-0.25, -0.2) is 0 Å². The van der Waals surface area contributed by atoms with Gasteiger partial charge in [-0.05, 0) is 49.1 Å². The van der Waals surface area contributed by atoms with Crippen LogP contribution in [-0.2, 0) is 16.0 Å². The van der Waals surface area contributed by atoms with Gasteiger partial charge in [0.1, 0.15) is 0 Å². The highest BCUT2D eigenvalue weighted by Gasteiger charge is 2.28. The van der Waals surface area contributed by atoms with E-state index in [1.54, 1.807) is 29.2 Å². The first-order valence-electron chi connectivity index (χ1n) is 10.3. The predicted molar refractivity (Wildman–Crippen MR) is 116 cm³/mol. The number of carbonyl (C=O) groups is 3. The number of amides is 2. The summed E-state index contributed by atoms with van der Waals surface area (Å²) in [4.78, 5) is 39.5. The fourth-order valence-corrected chi connectivity index (χ4v) is 3.92. The molecule has 2 aliphatic rings. The van der Waals surface area contributed by atoms with Crippen LogP contribution in [0.4, 0.5) is 5.69 Å². The summed E-state index contributed by atoms with van der Waals surface area (Å²) >= 11 is 0. The number of Topliss-reactive ketones (excluding diaryl/α,β-unsaturated/α-hetero) is 1. The van der Waals surface area contributed by atoms with Gasteiger partial charge in [0.05, 0.1) is 6.42 Å². The molecule has 1 aliphatic heterocycles. The van der Waals surface area contributed by atoms with E-state index in [4.69, 9.17) is 0 Å². The molecule has 0 radical (unpaired) electrons. The number of nitrogens with zero attached hydrogens (tertiary/aromatic N) is 1. The average Bonchev–Trinajstić information content (AvgIpc) is 2.93. The number of nitrogens with one attached hydrogen (secondary N) is 1. The number of benzene rings is 2. The van der Waals surface area contributed by atoms with E-state index in [1.807, 2.05) is 42.5 Å². The molecule has 1 heterocycles. The van der Waals surface area contributed by atoms with Gasteiger partial charge in [0.25, 0.3) is 5.91 Å². The largest absolute Gasteiger partial charge is 0.326 e. The fraction of sp³-hybridized carbons (Fsp3) is 0.240. The summed E-state index contributed by atoms with van der Waals surface area (Å²) in [5.41, 5.74) is 3.66. The highest BCUT2D eigenvalue weighted by Crippen LogP contribution is 2.29. The van der Waals surface area contributed by atoms with Crippen LogP contribution in [0.15, 0.2) is 78.0 Å². The zero-order valence-corrected chi connectivity index (χ0v) is 16.8. The van der Waals surface area contributed by atoms with Gasteiger partial charge in [-0.2, -0.15) is 0 Å². The molecule has 0 saturated heterocycles. The highest BCUT2D eigenvalue weighted by molar-refractivity contribution is 6.02. The molecule has 0 atom stereocenters. The molecule has 30 heavy (non-hydrogen) atoms. The van der Waals surface area contributed by atoms with Gasteiger partial charge in [-0.3, -0.25) is 14.4 Å². The van der Waals surface area contributed by atoms with Gasteiger partial charge in [0, 0.05) is 35.5 Å². The van der Waals surface area contributed by atoms with E-state index < -0.39 is 0 Å². The lowest BCUT2D eigenvalue weighted by Gasteiger charge is -2.26. The Bertz CT molecular complexity index is 1020. The predicted octanol–water partition coefficient (Wildman–Crippen LogP) is 4.28. The first-order valence-corrected chi connectivity index (χ1v) is 10.3. The minimum Gasteiger partial charge on any atom is -0.326 e. The molecular formula is C25H24N2O3. The third-order valence-corrected chi connectivity index (χ3v) is 5.42. The van der Waals surface area contributed by atoms with E-state index in [-0.39, 0.29) is 17.6 Å². The number of hydrogen-bond donors (Lipinski definition) is 1. The Labute approximate surface area is 176 Å². The maximum Gasteiger partial charge on any atom is 0.258 e. The Morgan fingerprint density at radius 1 is 0.967 bits per heavy atom. The second-order valence-electron chi connectivity index (χ2n) is 7.57. The number of ketones is 1. The van der Waals surface area contributed by atoms with E-state index in [0.29, 0.717) is 49.1 Å². The zero-order valence-electron chi connectivity index (χ0n) is 16.8. The monoisotopic (exact) mass is 400 g/mol. The molecule has 0 spiro atoms. The van der Waals surface area contributed by atoms with Crippen LogP contribution in [0.25, 0.3) is 0 Å². The summed E-state index contributed by atoms with van der Waals surface area (Å²) in [5.74, 6) is -0.0857. The Kier molecular flexibility index (Phi) is 5.89. The molecule has 0 aromatic heterocycles. The lowest BCUT2D eigenvalue weighted by atomic mass is 9.98. The van der Waals surface area contributed by atoms with Crippen molar-refractivity contribution in [2.24, 2.45) is 0 Å². The summed E-state index contributed by atoms with van der Waals surface area (Å²) in [6, 6.07) is 16.5. The van der Waals surface area contributed by atoms with Crippen LogP contribution in [0.1, 0.15) is 41.6 Å². The van der Waals surface area contributed by atoms with Crippen molar-refractivity contribution in [1.29, 1.82) is 0 Å². The van der Waals surface area contributed by atoms with Crippen molar-refractivity contribution in [3.63, 3.8) is 0 Å². The van der Waals surface area contributed by atoms with Crippen LogP contribution in [0.5, 0.6) is 0 Å². The Morgan fingerprint density at radius 2 is 1.73 bits per heavy atom. The third-order valence-electron chi connectivity index (χ3n) is 5.42. The van der Waals surface area contributed by atoms with Crippen molar-refractivity contribution >= 4 is 23.3 Å². The van der Waals surface area contributed by atoms with Crippen molar-refractivity contribution in [3.05, 3.63) is 89.1 Å². The van der Waals surface area contributed by atoms with Crippen LogP contribution in [-0.4, -0.2) is 29.0 Å². The molecule has 5 nitrogen and oxygen atoms in total. The summed E-state index contributed by atoms with van der Waals surface area (Å²) in [6.07, 6.45) is 6.83. The summed E-state index contributed by atoms with van der Waals surface area (Å²) in [6.45, 7) is 0.548. The topological polar surface area (TPSA) is 66.5 Å². The van der Waals surface area contributed by atoms with Gasteiger partial charge in [0.2, 0.25) is 5.91 Å². The van der Waals surface area contributed by atoms with Crippen molar-refractivity contribution in [3.8, 4) is 0 Å². The second kappa shape index (κ2) is 8.91. The van der Waals surface area contributed by atoms with Crippen LogP contribution in [0.2, 0.25) is 0 Å². The van der Waals surface area contributed by atoms with Crippen LogP contribution in [0.3, 0.4) is 0 Å². The van der Waals surface area contributed by atoms with Gasteiger partial charge in [0.15, 0.2) is 5.78 Å². The average molecular weight is 400 g/mol. The lowest BCUT2D eigenvalue weighted by Crippen LogP contribution is -2.32. The number of hydrogen-bond acceptors (Lipinski definition) is 3. The number of rotatable bonds is 4. The van der Waals surface area contributed by atoms with E-state index in [1.165, 1.54) is 0 Å². The smallest absolute Gasteiger partial charge is 0.258 e. The van der Waals surface area contributed by atoms with E-state index in [0.717, 1.165) is 17.7 Å². The molecule has 4 rings (SSSR count). The summed E-state index contributed by atoms with van der Waals surface area (Å²) < 4.78 is 0. The molecule has 2 aromatic rings. The molecule has 0 fully saturated rings. The summed E-state index contributed by atoms with van der Waals surface area (Å²) in [7, 11) is 0. The van der Waals surface area contributed by atoms with Crippen LogP contribution < -0.4 is 5.32 Å². The van der Waals surface area contributed by atoms with E-state index in [2.05, 4.69) is 5.32 Å². The first-order chi connectivity index (χ1) is 14.6. The highest BCUT2D eigenvalue weighted by atomic mass is 16.2. The molecule has 2 aromatic carbocycles.